The number of aromatic nitrogens is 1. The van der Waals surface area contributed by atoms with E-state index in [2.05, 4.69) is 4.72 Å². The van der Waals surface area contributed by atoms with Crippen molar-refractivity contribution in [2.45, 2.75) is 11.4 Å². The summed E-state index contributed by atoms with van der Waals surface area (Å²) >= 11 is 5.86. The molecule has 0 radical (unpaired) electrons. The molecule has 0 saturated carbocycles. The predicted octanol–water partition coefficient (Wildman–Crippen LogP) is 1.86. The number of rotatable bonds is 5. The first-order chi connectivity index (χ1) is 9.79. The lowest BCUT2D eigenvalue weighted by molar-refractivity contribution is 0.0696. The van der Waals surface area contributed by atoms with E-state index in [0.717, 1.165) is 11.6 Å². The van der Waals surface area contributed by atoms with Crippen molar-refractivity contribution in [3.8, 4) is 0 Å². The van der Waals surface area contributed by atoms with Crippen LogP contribution in [0, 0.1) is 0 Å². The first-order valence-electron chi connectivity index (χ1n) is 5.93. The summed E-state index contributed by atoms with van der Waals surface area (Å²) in [6.07, 6.45) is 3.57. The highest BCUT2D eigenvalue weighted by atomic mass is 35.5. The van der Waals surface area contributed by atoms with E-state index in [0.29, 0.717) is 0 Å². The van der Waals surface area contributed by atoms with Crippen molar-refractivity contribution in [2.75, 3.05) is 0 Å². The van der Waals surface area contributed by atoms with Gasteiger partial charge in [-0.2, -0.15) is 0 Å². The first kappa shape index (κ1) is 15.6. The second-order valence-electron chi connectivity index (χ2n) is 4.46. The van der Waals surface area contributed by atoms with Crippen LogP contribution >= 0.6 is 11.6 Å². The van der Waals surface area contributed by atoms with Gasteiger partial charge in [0.05, 0.1) is 10.6 Å². The van der Waals surface area contributed by atoms with E-state index in [-0.39, 0.29) is 22.0 Å². The molecule has 0 atom stereocenters. The lowest BCUT2D eigenvalue weighted by Crippen LogP contribution is -2.23. The molecule has 112 valence electrons. The number of aryl methyl sites for hydroxylation is 1. The number of carboxylic acid groups (broad SMARTS) is 1. The van der Waals surface area contributed by atoms with Crippen LogP contribution in [0.25, 0.3) is 0 Å². The number of nitrogens with one attached hydrogen (secondary N) is 1. The zero-order valence-electron chi connectivity index (χ0n) is 11.1. The van der Waals surface area contributed by atoms with Crippen molar-refractivity contribution in [1.82, 2.24) is 9.29 Å². The molecular formula is C13H13ClN2O4S. The largest absolute Gasteiger partial charge is 0.478 e. The number of sulfonamides is 1. The summed E-state index contributed by atoms with van der Waals surface area (Å²) < 4.78 is 28.6. The monoisotopic (exact) mass is 328 g/mol. The normalized spacial score (nSPS) is 11.5. The number of carbonyl (C=O) groups is 1. The molecule has 1 heterocycles. The maximum absolute atomic E-state index is 12.2. The van der Waals surface area contributed by atoms with Gasteiger partial charge in [0.1, 0.15) is 4.90 Å². The average molecular weight is 329 g/mol. The highest BCUT2D eigenvalue weighted by Crippen LogP contribution is 2.23. The maximum Gasteiger partial charge on any atom is 0.335 e. The molecule has 0 aliphatic rings. The van der Waals surface area contributed by atoms with Crippen molar-refractivity contribution in [3.05, 3.63) is 52.8 Å². The van der Waals surface area contributed by atoms with E-state index in [1.807, 2.05) is 7.05 Å². The predicted molar refractivity (Wildman–Crippen MR) is 77.8 cm³/mol. The van der Waals surface area contributed by atoms with Crippen LogP contribution in [0.5, 0.6) is 0 Å². The van der Waals surface area contributed by atoms with Gasteiger partial charge in [0, 0.05) is 26.0 Å². The highest BCUT2D eigenvalue weighted by molar-refractivity contribution is 7.89. The Bertz CT molecular complexity index is 783. The highest BCUT2D eigenvalue weighted by Gasteiger charge is 2.20. The number of nitrogens with zero attached hydrogens (tertiary/aromatic N) is 1. The fourth-order valence-electron chi connectivity index (χ4n) is 1.76. The van der Waals surface area contributed by atoms with Gasteiger partial charge in [-0.05, 0) is 29.8 Å². The molecule has 0 bridgehead atoms. The van der Waals surface area contributed by atoms with Crippen LogP contribution in [0.2, 0.25) is 5.02 Å². The van der Waals surface area contributed by atoms with Crippen molar-refractivity contribution < 1.29 is 18.3 Å². The zero-order valence-corrected chi connectivity index (χ0v) is 12.6. The summed E-state index contributed by atoms with van der Waals surface area (Å²) in [5.41, 5.74) is 0.645. The van der Waals surface area contributed by atoms with E-state index in [4.69, 9.17) is 16.7 Å². The quantitative estimate of drug-likeness (QED) is 0.876. The third-order valence-corrected chi connectivity index (χ3v) is 4.71. The van der Waals surface area contributed by atoms with Gasteiger partial charge in [-0.15, -0.1) is 0 Å². The number of carboxylic acids is 1. The van der Waals surface area contributed by atoms with Gasteiger partial charge >= 0.3 is 5.97 Å². The Morgan fingerprint density at radius 1 is 1.38 bits per heavy atom. The Labute approximate surface area is 127 Å². The van der Waals surface area contributed by atoms with Crippen molar-refractivity contribution in [2.24, 2.45) is 7.05 Å². The smallest absolute Gasteiger partial charge is 0.335 e. The van der Waals surface area contributed by atoms with Crippen molar-refractivity contribution in [1.29, 1.82) is 0 Å². The van der Waals surface area contributed by atoms with Crippen molar-refractivity contribution in [3.63, 3.8) is 0 Å². The van der Waals surface area contributed by atoms with E-state index in [9.17, 15) is 13.2 Å². The molecule has 2 rings (SSSR count). The minimum Gasteiger partial charge on any atom is -0.478 e. The van der Waals surface area contributed by atoms with Crippen LogP contribution in [0.4, 0.5) is 0 Å². The second kappa shape index (κ2) is 5.88. The minimum atomic E-state index is -3.89. The van der Waals surface area contributed by atoms with Gasteiger partial charge in [-0.3, -0.25) is 0 Å². The average Bonchev–Trinajstić information content (AvgIpc) is 2.82. The molecule has 6 nitrogen and oxygen atoms in total. The Hall–Kier alpha value is -1.83. The molecule has 0 aliphatic carbocycles. The molecule has 0 saturated heterocycles. The summed E-state index contributed by atoms with van der Waals surface area (Å²) in [4.78, 5) is 10.7. The molecule has 21 heavy (non-hydrogen) atoms. The van der Waals surface area contributed by atoms with E-state index < -0.39 is 16.0 Å². The maximum atomic E-state index is 12.2. The van der Waals surface area contributed by atoms with Gasteiger partial charge in [0.2, 0.25) is 10.0 Å². The Balaban J connectivity index is 2.26. The molecule has 0 amide bonds. The standard InChI is InChI=1S/C13H13ClN2O4S/c1-16-5-4-9(8-16)7-15-21(19,20)12-6-10(13(17)18)2-3-11(12)14/h2-6,8,15H,7H2,1H3,(H,17,18). The molecule has 0 unspecified atom stereocenters. The topological polar surface area (TPSA) is 88.4 Å². The lowest BCUT2D eigenvalue weighted by Gasteiger charge is -2.08. The molecule has 2 aromatic rings. The van der Waals surface area contributed by atoms with Gasteiger partial charge < -0.3 is 9.67 Å². The van der Waals surface area contributed by atoms with Gasteiger partial charge in [-0.25, -0.2) is 17.9 Å². The summed E-state index contributed by atoms with van der Waals surface area (Å²) in [5.74, 6) is -1.22. The Morgan fingerprint density at radius 3 is 2.67 bits per heavy atom. The number of hydrogen-bond acceptors (Lipinski definition) is 3. The molecular weight excluding hydrogens is 316 g/mol. The van der Waals surface area contributed by atoms with Crippen LogP contribution in [0.1, 0.15) is 15.9 Å². The molecule has 0 fully saturated rings. The number of aromatic carboxylic acids is 1. The van der Waals surface area contributed by atoms with Crippen LogP contribution in [-0.2, 0) is 23.6 Å². The first-order valence-corrected chi connectivity index (χ1v) is 7.79. The van der Waals surface area contributed by atoms with Gasteiger partial charge in [0.25, 0.3) is 0 Å². The molecule has 1 aromatic heterocycles. The molecule has 0 aliphatic heterocycles. The SMILES string of the molecule is Cn1ccc(CNS(=O)(=O)c2cc(C(=O)O)ccc2Cl)c1. The van der Waals surface area contributed by atoms with Crippen LogP contribution < -0.4 is 4.72 Å². The summed E-state index contributed by atoms with van der Waals surface area (Å²) in [6, 6.07) is 5.32. The fourth-order valence-corrected chi connectivity index (χ4v) is 3.31. The Morgan fingerprint density at radius 2 is 2.10 bits per heavy atom. The van der Waals surface area contributed by atoms with E-state index in [1.165, 1.54) is 12.1 Å². The zero-order chi connectivity index (χ0) is 15.6. The minimum absolute atomic E-state index is 0.0273. The number of halogens is 1. The summed E-state index contributed by atoms with van der Waals surface area (Å²) in [5, 5.41) is 8.89. The van der Waals surface area contributed by atoms with Crippen LogP contribution in [-0.4, -0.2) is 24.1 Å². The third kappa shape index (κ3) is 3.63. The van der Waals surface area contributed by atoms with Gasteiger partial charge in [0.15, 0.2) is 0 Å². The molecule has 1 aromatic carbocycles. The summed E-state index contributed by atoms with van der Waals surface area (Å²) in [6.45, 7) is 0.0940. The van der Waals surface area contributed by atoms with Gasteiger partial charge in [-0.1, -0.05) is 11.6 Å². The second-order valence-corrected chi connectivity index (χ2v) is 6.60. The lowest BCUT2D eigenvalue weighted by atomic mass is 10.2. The molecule has 0 spiro atoms. The third-order valence-electron chi connectivity index (χ3n) is 2.83. The number of benzene rings is 1. The molecule has 8 heteroatoms. The van der Waals surface area contributed by atoms with Crippen LogP contribution in [0.3, 0.4) is 0 Å². The Kier molecular flexibility index (Phi) is 4.36. The fraction of sp³-hybridized carbons (Fsp3) is 0.154. The number of hydrogen-bond donors (Lipinski definition) is 2. The van der Waals surface area contributed by atoms with E-state index >= 15 is 0 Å². The van der Waals surface area contributed by atoms with Crippen LogP contribution in [0.15, 0.2) is 41.6 Å². The summed E-state index contributed by atoms with van der Waals surface area (Å²) in [7, 11) is -2.07. The van der Waals surface area contributed by atoms with E-state index in [1.54, 1.807) is 23.0 Å². The molecule has 2 N–H and O–H groups in total. The van der Waals surface area contributed by atoms with Crippen molar-refractivity contribution >= 4 is 27.6 Å².